The summed E-state index contributed by atoms with van der Waals surface area (Å²) in [7, 11) is -3.17. The zero-order valence-corrected chi connectivity index (χ0v) is 52.3. The van der Waals surface area contributed by atoms with Gasteiger partial charge in [0.2, 0.25) is 5.79 Å². The molecule has 0 aliphatic carbocycles. The van der Waals surface area contributed by atoms with E-state index in [0.717, 1.165) is 58.0 Å². The minimum absolute atomic E-state index is 0.00213. The Kier molecular flexibility index (Phi) is 19.6. The van der Waals surface area contributed by atoms with Crippen molar-refractivity contribution in [2.75, 3.05) is 25.9 Å². The van der Waals surface area contributed by atoms with Gasteiger partial charge < -0.3 is 56.6 Å². The maximum Gasteiger partial charge on any atom is 0.337 e. The zero-order valence-electron chi connectivity index (χ0n) is 49.5. The molecule has 16 heteroatoms. The van der Waals surface area contributed by atoms with Crippen LogP contribution in [0, 0.1) is 17.8 Å². The summed E-state index contributed by atoms with van der Waals surface area (Å²) in [5.41, 5.74) is 0.601. The molecule has 0 amide bonds. The number of methoxy groups -OCH3 is 1. The van der Waals surface area contributed by atoms with Crippen LogP contribution >= 0.6 is 11.8 Å². The Balaban J connectivity index is 1.02. The molecular weight excluding hydrogens is 1000 g/mol. The van der Waals surface area contributed by atoms with Crippen molar-refractivity contribution in [3.05, 3.63) is 36.0 Å². The van der Waals surface area contributed by atoms with Crippen LogP contribution in [0.3, 0.4) is 0 Å². The number of aliphatic hydroxyl groups is 1. The van der Waals surface area contributed by atoms with Crippen molar-refractivity contribution >= 4 is 34.4 Å². The molecule has 17 atom stereocenters. The van der Waals surface area contributed by atoms with E-state index >= 15 is 0 Å². The molecule has 7 aliphatic rings. The van der Waals surface area contributed by atoms with Crippen molar-refractivity contribution in [1.82, 2.24) is 0 Å². The Labute approximate surface area is 459 Å². The van der Waals surface area contributed by atoms with Gasteiger partial charge in [-0.25, -0.2) is 4.79 Å². The maximum atomic E-state index is 13.2. The Morgan fingerprint density at radius 1 is 0.907 bits per heavy atom. The molecule has 75 heavy (non-hydrogen) atoms. The average Bonchev–Trinajstić information content (AvgIpc) is 3.73. The van der Waals surface area contributed by atoms with Gasteiger partial charge in [0, 0.05) is 38.0 Å². The normalized spacial score (nSPS) is 38.3. The fourth-order valence-electron chi connectivity index (χ4n) is 12.4. The standard InChI is InChI=1S/C59H102O13SSi2/c1-38-33-46(68-59(35-38)48(72-75(17,18)55(9,10)11)24-23-44(67-59)36-56(12,53(61)62-13)64-37-73-14)39(2)21-22-43-26-30-58(66-43)31-27-45-52(70-58)49(60)42(5)51(65-45)47(71-74(15,16)54(6,7)8)34-41(4)50-40(3)25-29-57(69-50)28-19-20-32-63-57/h21-22,35,39-41,43-52,60H,5,19-20,23-34,36-37H2,1-4,6-18H3/t39-,40-,41+,43+,44+,45-,46+,47+,48-,49-,50+,51+,52-,56-,57+,58-,59-/m1/s1. The SMILES string of the molecule is C=C1[C@@H](O)[C@@H]2O[C@]3(CC[C@H](C=C[C@@H](C)[C@@H]4CC(C)=C[C@@]5(O[C@H](C[C@@](C)(OCSC)C(=O)OC)CC[C@H]5O[Si](C)(C)C(C)(C)C)O4)O3)CC[C@H]2O[C@@H]1[C@H](C[C@H](C)[C@H]1O[C@@]2(CCCCO2)CC[C@H]1C)O[Si](C)(C)C(C)(C)C. The molecule has 7 aliphatic heterocycles. The van der Waals surface area contributed by atoms with Gasteiger partial charge in [-0.05, 0) is 138 Å². The molecule has 0 aromatic heterocycles. The molecule has 430 valence electrons. The summed E-state index contributed by atoms with van der Waals surface area (Å²) >= 11 is 1.52. The summed E-state index contributed by atoms with van der Waals surface area (Å²) in [6.45, 7) is 38.8. The van der Waals surface area contributed by atoms with Gasteiger partial charge in [0.25, 0.3) is 0 Å². The Morgan fingerprint density at radius 2 is 1.60 bits per heavy atom. The predicted molar refractivity (Wildman–Crippen MR) is 301 cm³/mol. The number of carbonyl (C=O) groups is 1. The van der Waals surface area contributed by atoms with Crippen LogP contribution in [0.15, 0.2) is 36.0 Å². The van der Waals surface area contributed by atoms with Crippen LogP contribution < -0.4 is 0 Å². The van der Waals surface area contributed by atoms with Gasteiger partial charge in [0.05, 0.1) is 56.3 Å². The number of esters is 1. The van der Waals surface area contributed by atoms with E-state index in [-0.39, 0.29) is 64.6 Å². The van der Waals surface area contributed by atoms with Gasteiger partial charge in [0.15, 0.2) is 33.8 Å². The van der Waals surface area contributed by atoms with Crippen molar-refractivity contribution < 1.29 is 61.4 Å². The highest BCUT2D eigenvalue weighted by Gasteiger charge is 2.57. The smallest absolute Gasteiger partial charge is 0.337 e. The van der Waals surface area contributed by atoms with Crippen molar-refractivity contribution in [3.8, 4) is 0 Å². The molecule has 3 spiro atoms. The van der Waals surface area contributed by atoms with Crippen molar-refractivity contribution in [2.24, 2.45) is 17.8 Å². The topological polar surface area (TPSA) is 139 Å². The van der Waals surface area contributed by atoms with Crippen LogP contribution in [0.25, 0.3) is 0 Å². The second-order valence-electron chi connectivity index (χ2n) is 27.3. The monoisotopic (exact) mass is 1110 g/mol. The molecular formula is C59H102O13SSi2. The lowest BCUT2D eigenvalue weighted by Gasteiger charge is -2.52. The summed E-state index contributed by atoms with van der Waals surface area (Å²) < 4.78 is 74.5. The molecule has 1 N–H and O–H groups in total. The zero-order chi connectivity index (χ0) is 55.2. The van der Waals surface area contributed by atoms with E-state index in [2.05, 4.69) is 120 Å². The highest BCUT2D eigenvalue weighted by Crippen LogP contribution is 2.50. The lowest BCUT2D eigenvalue weighted by atomic mass is 9.79. The predicted octanol–water partition coefficient (Wildman–Crippen LogP) is 12.7. The Hall–Kier alpha value is -0.966. The van der Waals surface area contributed by atoms with Gasteiger partial charge in [-0.2, -0.15) is 0 Å². The third-order valence-corrected chi connectivity index (χ3v) is 28.4. The molecule has 6 saturated heterocycles. The van der Waals surface area contributed by atoms with Crippen LogP contribution in [-0.2, 0) is 56.3 Å². The van der Waals surface area contributed by atoms with E-state index in [1.807, 2.05) is 6.26 Å². The first kappa shape index (κ1) is 61.6. The van der Waals surface area contributed by atoms with E-state index < -0.39 is 63.9 Å². The van der Waals surface area contributed by atoms with Crippen molar-refractivity contribution in [1.29, 1.82) is 0 Å². The molecule has 6 fully saturated rings. The number of hydrogen-bond acceptors (Lipinski definition) is 14. The fraction of sp³-hybridized carbons (Fsp3) is 0.881. The lowest BCUT2D eigenvalue weighted by molar-refractivity contribution is -0.320. The van der Waals surface area contributed by atoms with Crippen molar-refractivity contribution in [3.63, 3.8) is 0 Å². The third-order valence-electron chi connectivity index (χ3n) is 19.1. The number of carbonyl (C=O) groups excluding carboxylic acids is 1. The summed E-state index contributed by atoms with van der Waals surface area (Å²) in [5.74, 6) is -1.98. The molecule has 7 heterocycles. The molecule has 0 radical (unpaired) electrons. The molecule has 0 unspecified atom stereocenters. The molecule has 0 aromatic rings. The largest absolute Gasteiger partial charge is 0.467 e. The van der Waals surface area contributed by atoms with E-state index in [4.69, 9.17) is 51.5 Å². The summed E-state index contributed by atoms with van der Waals surface area (Å²) in [5, 5.41) is 12.2. The second kappa shape index (κ2) is 23.9. The number of hydrogen-bond donors (Lipinski definition) is 1. The first-order valence-electron chi connectivity index (χ1n) is 28.9. The molecule has 0 bridgehead atoms. The van der Waals surface area contributed by atoms with E-state index in [0.29, 0.717) is 56.0 Å². The second-order valence-corrected chi connectivity index (χ2v) is 37.6. The van der Waals surface area contributed by atoms with Crippen molar-refractivity contribution in [2.45, 2.75) is 286 Å². The number of thioether (sulfide) groups is 1. The number of ether oxygens (including phenoxy) is 9. The van der Waals surface area contributed by atoms with E-state index in [9.17, 15) is 9.90 Å². The molecule has 13 nitrogen and oxygen atoms in total. The minimum atomic E-state index is -2.30. The molecule has 0 aromatic carbocycles. The van der Waals surface area contributed by atoms with Crippen LogP contribution in [0.1, 0.15) is 166 Å². The minimum Gasteiger partial charge on any atom is -0.467 e. The first-order valence-corrected chi connectivity index (χ1v) is 36.1. The summed E-state index contributed by atoms with van der Waals surface area (Å²) in [6, 6.07) is 0. The number of aliphatic hydroxyl groups excluding tert-OH is 1. The molecule has 0 saturated carbocycles. The number of rotatable bonds is 17. The van der Waals surface area contributed by atoms with Gasteiger partial charge in [-0.1, -0.05) is 86.6 Å². The third kappa shape index (κ3) is 13.9. The van der Waals surface area contributed by atoms with E-state index in [1.165, 1.54) is 24.4 Å². The van der Waals surface area contributed by atoms with Crippen LogP contribution in [-0.4, -0.2) is 138 Å². The quantitative estimate of drug-likeness (QED) is 0.0640. The average molecular weight is 1110 g/mol. The maximum absolute atomic E-state index is 13.2. The first-order chi connectivity index (χ1) is 34.9. The van der Waals surface area contributed by atoms with Gasteiger partial charge in [-0.3, -0.25) is 0 Å². The lowest BCUT2D eigenvalue weighted by Crippen LogP contribution is -2.61. The number of fused-ring (bicyclic) bond motifs is 1. The van der Waals surface area contributed by atoms with Crippen LogP contribution in [0.2, 0.25) is 36.3 Å². The summed E-state index contributed by atoms with van der Waals surface area (Å²) in [4.78, 5) is 13.2. The Morgan fingerprint density at radius 3 is 2.25 bits per heavy atom. The molecule has 7 rings (SSSR count). The van der Waals surface area contributed by atoms with Crippen LogP contribution in [0.5, 0.6) is 0 Å². The van der Waals surface area contributed by atoms with Gasteiger partial charge >= 0.3 is 5.97 Å². The highest BCUT2D eigenvalue weighted by molar-refractivity contribution is 7.98. The fourth-order valence-corrected chi connectivity index (χ4v) is 15.4. The summed E-state index contributed by atoms with van der Waals surface area (Å²) in [6.07, 6.45) is 16.0. The Bertz CT molecular complexity index is 2010. The van der Waals surface area contributed by atoms with Gasteiger partial charge in [0.1, 0.15) is 24.4 Å². The van der Waals surface area contributed by atoms with Gasteiger partial charge in [-0.15, -0.1) is 11.8 Å². The van der Waals surface area contributed by atoms with Crippen LogP contribution in [0.4, 0.5) is 0 Å². The van der Waals surface area contributed by atoms with E-state index in [1.54, 1.807) is 6.92 Å². The highest BCUT2D eigenvalue weighted by atomic mass is 32.2.